The van der Waals surface area contributed by atoms with Gasteiger partial charge in [0, 0.05) is 0 Å². The van der Waals surface area contributed by atoms with Crippen LogP contribution < -0.4 is 9.47 Å². The monoisotopic (exact) mass is 208 g/mol. The molecule has 15 heavy (non-hydrogen) atoms. The van der Waals surface area contributed by atoms with Gasteiger partial charge in [-0.1, -0.05) is 0 Å². The van der Waals surface area contributed by atoms with Crippen molar-refractivity contribution in [1.82, 2.24) is 0 Å². The van der Waals surface area contributed by atoms with Gasteiger partial charge in [-0.25, -0.2) is 4.79 Å². The van der Waals surface area contributed by atoms with E-state index in [1.54, 1.807) is 19.2 Å². The van der Waals surface area contributed by atoms with Crippen LogP contribution in [0, 0.1) is 0 Å². The zero-order valence-electron chi connectivity index (χ0n) is 8.40. The number of aliphatic carboxylic acids is 1. The third-order valence-electron chi connectivity index (χ3n) is 2.49. The molecule has 0 aromatic heterocycles. The summed E-state index contributed by atoms with van der Waals surface area (Å²) >= 11 is 0. The van der Waals surface area contributed by atoms with Gasteiger partial charge in [-0.05, 0) is 36.6 Å². The minimum Gasteiger partial charge on any atom is -0.497 e. The average molecular weight is 208 g/mol. The molecule has 0 radical (unpaired) electrons. The molecule has 1 aromatic rings. The van der Waals surface area contributed by atoms with Crippen molar-refractivity contribution in [2.75, 3.05) is 7.11 Å². The molecule has 0 unspecified atom stereocenters. The Morgan fingerprint density at radius 1 is 1.60 bits per heavy atom. The number of rotatable bonds is 2. The highest BCUT2D eigenvalue weighted by Gasteiger charge is 2.25. The number of carbonyl (C=O) groups is 1. The van der Waals surface area contributed by atoms with Gasteiger partial charge >= 0.3 is 5.97 Å². The quantitative estimate of drug-likeness (QED) is 0.799. The Balaban J connectivity index is 2.24. The van der Waals surface area contributed by atoms with Gasteiger partial charge in [0.05, 0.1) is 7.11 Å². The van der Waals surface area contributed by atoms with Crippen molar-refractivity contribution in [3.05, 3.63) is 23.8 Å². The lowest BCUT2D eigenvalue weighted by Gasteiger charge is -2.23. The van der Waals surface area contributed by atoms with Crippen LogP contribution in [-0.4, -0.2) is 24.3 Å². The van der Waals surface area contributed by atoms with Crippen molar-refractivity contribution >= 4 is 5.97 Å². The SMILES string of the molecule is COc1ccc2c(c1)CC[C@H](C(=O)O)O2. The van der Waals surface area contributed by atoms with Crippen LogP contribution in [0.1, 0.15) is 12.0 Å². The summed E-state index contributed by atoms with van der Waals surface area (Å²) in [6.45, 7) is 0. The number of hydrogen-bond donors (Lipinski definition) is 1. The fourth-order valence-electron chi connectivity index (χ4n) is 1.67. The maximum Gasteiger partial charge on any atom is 0.344 e. The Labute approximate surface area is 87.4 Å². The third-order valence-corrected chi connectivity index (χ3v) is 2.49. The average Bonchev–Trinajstić information content (AvgIpc) is 2.27. The lowest BCUT2D eigenvalue weighted by atomic mass is 10.0. The molecule has 0 fully saturated rings. The Hall–Kier alpha value is -1.71. The first-order chi connectivity index (χ1) is 7.20. The lowest BCUT2D eigenvalue weighted by molar-refractivity contribution is -0.145. The zero-order valence-corrected chi connectivity index (χ0v) is 8.40. The second kappa shape index (κ2) is 3.81. The van der Waals surface area contributed by atoms with Crippen molar-refractivity contribution in [2.24, 2.45) is 0 Å². The summed E-state index contributed by atoms with van der Waals surface area (Å²) in [6.07, 6.45) is 0.504. The normalized spacial score (nSPS) is 18.9. The molecular formula is C11H12O4. The van der Waals surface area contributed by atoms with Crippen molar-refractivity contribution in [3.8, 4) is 11.5 Å². The molecule has 0 spiro atoms. The van der Waals surface area contributed by atoms with E-state index in [0.717, 1.165) is 11.3 Å². The van der Waals surface area contributed by atoms with Crippen LogP contribution in [-0.2, 0) is 11.2 Å². The summed E-state index contributed by atoms with van der Waals surface area (Å²) in [5.74, 6) is 0.511. The minimum absolute atomic E-state index is 0.509. The molecule has 1 aliphatic rings. The lowest BCUT2D eigenvalue weighted by Crippen LogP contribution is -2.30. The molecule has 1 N–H and O–H groups in total. The number of methoxy groups -OCH3 is 1. The summed E-state index contributed by atoms with van der Waals surface area (Å²) < 4.78 is 10.4. The van der Waals surface area contributed by atoms with E-state index < -0.39 is 12.1 Å². The highest BCUT2D eigenvalue weighted by atomic mass is 16.5. The number of carboxylic acid groups (broad SMARTS) is 1. The van der Waals surface area contributed by atoms with Crippen LogP contribution >= 0.6 is 0 Å². The van der Waals surface area contributed by atoms with Crippen LogP contribution in [0.3, 0.4) is 0 Å². The first-order valence-corrected chi connectivity index (χ1v) is 4.77. The van der Waals surface area contributed by atoms with E-state index in [1.165, 1.54) is 0 Å². The Morgan fingerprint density at radius 3 is 3.07 bits per heavy atom. The second-order valence-electron chi connectivity index (χ2n) is 3.46. The summed E-state index contributed by atoms with van der Waals surface area (Å²) in [6, 6.07) is 5.40. The van der Waals surface area contributed by atoms with E-state index in [4.69, 9.17) is 14.6 Å². The molecule has 4 nitrogen and oxygen atoms in total. The smallest absolute Gasteiger partial charge is 0.344 e. The summed E-state index contributed by atoms with van der Waals surface area (Å²) in [4.78, 5) is 10.7. The molecular weight excluding hydrogens is 196 g/mol. The molecule has 0 saturated carbocycles. The van der Waals surface area contributed by atoms with Crippen LogP contribution in [0.15, 0.2) is 18.2 Å². The van der Waals surface area contributed by atoms with E-state index in [0.29, 0.717) is 18.6 Å². The van der Waals surface area contributed by atoms with Crippen LogP contribution in [0.4, 0.5) is 0 Å². The highest BCUT2D eigenvalue weighted by Crippen LogP contribution is 2.30. The van der Waals surface area contributed by atoms with Gasteiger partial charge in [0.2, 0.25) is 0 Å². The van der Waals surface area contributed by atoms with Gasteiger partial charge in [0.1, 0.15) is 11.5 Å². The first-order valence-electron chi connectivity index (χ1n) is 4.77. The van der Waals surface area contributed by atoms with Gasteiger partial charge < -0.3 is 14.6 Å². The Kier molecular flexibility index (Phi) is 2.49. The number of benzene rings is 1. The standard InChI is InChI=1S/C11H12O4/c1-14-8-3-5-9-7(6-8)2-4-10(15-9)11(12)13/h3,5-6,10H,2,4H2,1H3,(H,12,13)/t10-/m1/s1. The number of ether oxygens (including phenoxy) is 2. The van der Waals surface area contributed by atoms with Gasteiger partial charge in [-0.3, -0.25) is 0 Å². The molecule has 1 aromatic carbocycles. The fraction of sp³-hybridized carbons (Fsp3) is 0.364. The van der Waals surface area contributed by atoms with Gasteiger partial charge in [0.15, 0.2) is 6.10 Å². The molecule has 1 atom stereocenters. The highest BCUT2D eigenvalue weighted by molar-refractivity contribution is 5.73. The van der Waals surface area contributed by atoms with E-state index >= 15 is 0 Å². The summed E-state index contributed by atoms with van der Waals surface area (Å²) in [7, 11) is 1.60. The van der Waals surface area contributed by atoms with Crippen LogP contribution in [0.2, 0.25) is 0 Å². The van der Waals surface area contributed by atoms with Crippen molar-refractivity contribution in [3.63, 3.8) is 0 Å². The topological polar surface area (TPSA) is 55.8 Å². The molecule has 0 bridgehead atoms. The molecule has 4 heteroatoms. The predicted octanol–water partition coefficient (Wildman–Crippen LogP) is 1.47. The molecule has 1 heterocycles. The van der Waals surface area contributed by atoms with Crippen molar-refractivity contribution < 1.29 is 19.4 Å². The summed E-state index contributed by atoms with van der Waals surface area (Å²) in [5.41, 5.74) is 1.01. The number of aryl methyl sites for hydroxylation is 1. The van der Waals surface area contributed by atoms with E-state index in [2.05, 4.69) is 0 Å². The Bertz CT molecular complexity index is 386. The molecule has 0 aliphatic carbocycles. The fourth-order valence-corrected chi connectivity index (χ4v) is 1.67. The van der Waals surface area contributed by atoms with Gasteiger partial charge in [0.25, 0.3) is 0 Å². The van der Waals surface area contributed by atoms with Crippen LogP contribution in [0.25, 0.3) is 0 Å². The summed E-state index contributed by atoms with van der Waals surface area (Å²) in [5, 5.41) is 8.81. The predicted molar refractivity (Wildman–Crippen MR) is 53.4 cm³/mol. The van der Waals surface area contributed by atoms with Crippen molar-refractivity contribution in [1.29, 1.82) is 0 Å². The van der Waals surface area contributed by atoms with E-state index in [9.17, 15) is 4.79 Å². The van der Waals surface area contributed by atoms with Crippen molar-refractivity contribution in [2.45, 2.75) is 18.9 Å². The minimum atomic E-state index is -0.906. The molecule has 0 amide bonds. The molecule has 0 saturated heterocycles. The Morgan fingerprint density at radius 2 is 2.40 bits per heavy atom. The zero-order chi connectivity index (χ0) is 10.8. The van der Waals surface area contributed by atoms with Gasteiger partial charge in [-0.2, -0.15) is 0 Å². The molecule has 80 valence electrons. The van der Waals surface area contributed by atoms with E-state index in [1.807, 2.05) is 6.07 Å². The second-order valence-corrected chi connectivity index (χ2v) is 3.46. The number of carboxylic acids is 1. The maximum atomic E-state index is 10.7. The maximum absolute atomic E-state index is 10.7. The number of hydrogen-bond acceptors (Lipinski definition) is 3. The van der Waals surface area contributed by atoms with Crippen LogP contribution in [0.5, 0.6) is 11.5 Å². The third kappa shape index (κ3) is 1.88. The largest absolute Gasteiger partial charge is 0.497 e. The molecule has 1 aliphatic heterocycles. The van der Waals surface area contributed by atoms with E-state index in [-0.39, 0.29) is 0 Å². The molecule has 2 rings (SSSR count). The first kappa shape index (κ1) is 9.83. The van der Waals surface area contributed by atoms with Gasteiger partial charge in [-0.15, -0.1) is 0 Å². The number of fused-ring (bicyclic) bond motifs is 1.